The van der Waals surface area contributed by atoms with E-state index in [9.17, 15) is 9.59 Å². The van der Waals surface area contributed by atoms with E-state index in [0.717, 1.165) is 6.42 Å². The Morgan fingerprint density at radius 1 is 1.23 bits per heavy atom. The lowest BCUT2D eigenvalue weighted by Crippen LogP contribution is -2.52. The van der Waals surface area contributed by atoms with Crippen LogP contribution in [0.5, 0.6) is 5.75 Å². The lowest BCUT2D eigenvalue weighted by Gasteiger charge is -2.34. The molecule has 1 aliphatic rings. The fourth-order valence-corrected chi connectivity index (χ4v) is 2.64. The van der Waals surface area contributed by atoms with Gasteiger partial charge in [-0.3, -0.25) is 14.5 Å². The molecule has 1 N–H and O–H groups in total. The second-order valence-corrected chi connectivity index (χ2v) is 6.46. The summed E-state index contributed by atoms with van der Waals surface area (Å²) in [6.45, 7) is 6.90. The second-order valence-electron chi connectivity index (χ2n) is 6.46. The highest BCUT2D eigenvalue weighted by Gasteiger charge is 2.22. The van der Waals surface area contributed by atoms with Crippen molar-refractivity contribution >= 4 is 11.8 Å². The zero-order valence-electron chi connectivity index (χ0n) is 15.4. The summed E-state index contributed by atoms with van der Waals surface area (Å²) in [5, 5.41) is 11.7. The van der Waals surface area contributed by atoms with E-state index in [1.165, 1.54) is 0 Å². The van der Waals surface area contributed by atoms with Crippen molar-refractivity contribution in [1.29, 1.82) is 5.26 Å². The summed E-state index contributed by atoms with van der Waals surface area (Å²) < 4.78 is 5.49. The zero-order valence-corrected chi connectivity index (χ0v) is 15.4. The predicted molar refractivity (Wildman–Crippen MR) is 97.6 cm³/mol. The van der Waals surface area contributed by atoms with Crippen LogP contribution in [0.25, 0.3) is 0 Å². The van der Waals surface area contributed by atoms with Crippen molar-refractivity contribution in [2.75, 3.05) is 39.3 Å². The minimum absolute atomic E-state index is 0.0274. The number of amides is 2. The van der Waals surface area contributed by atoms with Gasteiger partial charge in [-0.25, -0.2) is 0 Å². The third-order valence-corrected chi connectivity index (χ3v) is 4.46. The molecule has 0 aliphatic carbocycles. The third-order valence-electron chi connectivity index (χ3n) is 4.46. The molecule has 0 bridgehead atoms. The molecule has 0 saturated carbocycles. The minimum atomic E-state index is -0.0712. The van der Waals surface area contributed by atoms with Gasteiger partial charge in [0, 0.05) is 32.2 Å². The van der Waals surface area contributed by atoms with Gasteiger partial charge < -0.3 is 15.0 Å². The molecule has 2 rings (SSSR count). The van der Waals surface area contributed by atoms with Crippen LogP contribution in [0.3, 0.4) is 0 Å². The first-order chi connectivity index (χ1) is 12.5. The van der Waals surface area contributed by atoms with Crippen molar-refractivity contribution in [2.45, 2.75) is 26.3 Å². The molecule has 1 aromatic rings. The van der Waals surface area contributed by atoms with Gasteiger partial charge in [-0.2, -0.15) is 5.26 Å². The molecule has 1 aliphatic heterocycles. The van der Waals surface area contributed by atoms with E-state index in [2.05, 4.69) is 10.2 Å². The van der Waals surface area contributed by atoms with Crippen LogP contribution in [0.15, 0.2) is 24.3 Å². The number of hydrogen-bond donors (Lipinski definition) is 1. The standard InChI is InChI=1S/C19H26N4O3/c1-3-15(2)21-18(24)13-22-8-10-23(11-9-22)19(25)14-26-17-6-4-16(12-20)5-7-17/h4-7,15H,3,8-11,13-14H2,1-2H3,(H,21,24). The molecule has 0 aromatic heterocycles. The highest BCUT2D eigenvalue weighted by molar-refractivity contribution is 5.79. The maximum atomic E-state index is 12.3. The van der Waals surface area contributed by atoms with Crippen LogP contribution >= 0.6 is 0 Å². The molecular formula is C19H26N4O3. The van der Waals surface area contributed by atoms with Gasteiger partial charge in [0.05, 0.1) is 18.2 Å². The van der Waals surface area contributed by atoms with Gasteiger partial charge >= 0.3 is 0 Å². The van der Waals surface area contributed by atoms with Crippen molar-refractivity contribution in [3.63, 3.8) is 0 Å². The Labute approximate surface area is 154 Å². The summed E-state index contributed by atoms with van der Waals surface area (Å²) in [4.78, 5) is 28.0. The Morgan fingerprint density at radius 3 is 2.46 bits per heavy atom. The van der Waals surface area contributed by atoms with E-state index in [0.29, 0.717) is 44.0 Å². The lowest BCUT2D eigenvalue weighted by atomic mass is 10.2. The van der Waals surface area contributed by atoms with Crippen LogP contribution in [0.2, 0.25) is 0 Å². The van der Waals surface area contributed by atoms with Gasteiger partial charge in [0.25, 0.3) is 5.91 Å². The van der Waals surface area contributed by atoms with Crippen LogP contribution in [0, 0.1) is 11.3 Å². The van der Waals surface area contributed by atoms with Gasteiger partial charge in [0.15, 0.2) is 6.61 Å². The second kappa shape index (κ2) is 9.78. The molecule has 1 heterocycles. The van der Waals surface area contributed by atoms with Crippen molar-refractivity contribution < 1.29 is 14.3 Å². The quantitative estimate of drug-likeness (QED) is 0.786. The molecule has 1 fully saturated rings. The lowest BCUT2D eigenvalue weighted by molar-refractivity contribution is -0.135. The van der Waals surface area contributed by atoms with Crippen LogP contribution in [-0.2, 0) is 9.59 Å². The fourth-order valence-electron chi connectivity index (χ4n) is 2.64. The number of nitrogens with zero attached hydrogens (tertiary/aromatic N) is 3. The summed E-state index contributed by atoms with van der Waals surface area (Å²) in [7, 11) is 0. The monoisotopic (exact) mass is 358 g/mol. The van der Waals surface area contributed by atoms with Gasteiger partial charge in [-0.15, -0.1) is 0 Å². The Kier molecular flexibility index (Phi) is 7.42. The molecular weight excluding hydrogens is 332 g/mol. The number of ether oxygens (including phenoxy) is 1. The molecule has 26 heavy (non-hydrogen) atoms. The Morgan fingerprint density at radius 2 is 1.88 bits per heavy atom. The number of rotatable bonds is 7. The number of piperazine rings is 1. The molecule has 0 radical (unpaired) electrons. The van der Waals surface area contributed by atoms with E-state index >= 15 is 0 Å². The predicted octanol–water partition coefficient (Wildman–Crippen LogP) is 0.996. The number of benzene rings is 1. The average molecular weight is 358 g/mol. The van der Waals surface area contributed by atoms with Crippen molar-refractivity contribution in [2.24, 2.45) is 0 Å². The Balaban J connectivity index is 1.70. The zero-order chi connectivity index (χ0) is 18.9. The number of carbonyl (C=O) groups excluding carboxylic acids is 2. The van der Waals surface area contributed by atoms with Crippen LogP contribution in [-0.4, -0.2) is 67.0 Å². The SMILES string of the molecule is CCC(C)NC(=O)CN1CCN(C(=O)COc2ccc(C#N)cc2)CC1. The number of hydrogen-bond acceptors (Lipinski definition) is 5. The first kappa shape index (κ1) is 19.7. The summed E-state index contributed by atoms with van der Waals surface area (Å²) in [6.07, 6.45) is 0.910. The Hall–Kier alpha value is -2.59. The normalized spacial score (nSPS) is 15.8. The van der Waals surface area contributed by atoms with Gasteiger partial charge in [-0.1, -0.05) is 6.92 Å². The number of nitrogens with one attached hydrogen (secondary N) is 1. The van der Waals surface area contributed by atoms with E-state index in [1.807, 2.05) is 19.9 Å². The highest BCUT2D eigenvalue weighted by atomic mass is 16.5. The maximum Gasteiger partial charge on any atom is 0.260 e. The third kappa shape index (κ3) is 6.05. The maximum absolute atomic E-state index is 12.3. The highest BCUT2D eigenvalue weighted by Crippen LogP contribution is 2.12. The average Bonchev–Trinajstić information content (AvgIpc) is 2.66. The summed E-state index contributed by atoms with van der Waals surface area (Å²) >= 11 is 0. The first-order valence-corrected chi connectivity index (χ1v) is 8.94. The van der Waals surface area contributed by atoms with Gasteiger partial charge in [-0.05, 0) is 37.6 Å². The molecule has 1 saturated heterocycles. The van der Waals surface area contributed by atoms with Gasteiger partial charge in [0.2, 0.25) is 5.91 Å². The van der Waals surface area contributed by atoms with Crippen LogP contribution < -0.4 is 10.1 Å². The number of nitriles is 1. The molecule has 1 aromatic carbocycles. The first-order valence-electron chi connectivity index (χ1n) is 8.94. The van der Waals surface area contributed by atoms with E-state index in [1.54, 1.807) is 29.2 Å². The van der Waals surface area contributed by atoms with Crippen molar-refractivity contribution in [1.82, 2.24) is 15.1 Å². The summed E-state index contributed by atoms with van der Waals surface area (Å²) in [6, 6.07) is 8.89. The minimum Gasteiger partial charge on any atom is -0.484 e. The fraction of sp³-hybridized carbons (Fsp3) is 0.526. The van der Waals surface area contributed by atoms with Gasteiger partial charge in [0.1, 0.15) is 5.75 Å². The van der Waals surface area contributed by atoms with Crippen LogP contribution in [0.4, 0.5) is 0 Å². The topological polar surface area (TPSA) is 85.7 Å². The molecule has 0 spiro atoms. The molecule has 1 unspecified atom stereocenters. The molecule has 7 nitrogen and oxygen atoms in total. The van der Waals surface area contributed by atoms with E-state index in [4.69, 9.17) is 10.00 Å². The largest absolute Gasteiger partial charge is 0.484 e. The molecule has 140 valence electrons. The van der Waals surface area contributed by atoms with Crippen molar-refractivity contribution in [3.8, 4) is 11.8 Å². The molecule has 1 atom stereocenters. The van der Waals surface area contributed by atoms with E-state index < -0.39 is 0 Å². The van der Waals surface area contributed by atoms with Crippen LogP contribution in [0.1, 0.15) is 25.8 Å². The molecule has 2 amide bonds. The number of carbonyl (C=O) groups is 2. The Bertz CT molecular complexity index is 646. The van der Waals surface area contributed by atoms with Crippen molar-refractivity contribution in [3.05, 3.63) is 29.8 Å². The molecule has 7 heteroatoms. The van der Waals surface area contributed by atoms with E-state index in [-0.39, 0.29) is 24.5 Å². The smallest absolute Gasteiger partial charge is 0.260 e. The summed E-state index contributed by atoms with van der Waals surface area (Å²) in [5.74, 6) is 0.527. The summed E-state index contributed by atoms with van der Waals surface area (Å²) in [5.41, 5.74) is 0.553.